The molecule has 0 saturated carbocycles. The van der Waals surface area contributed by atoms with E-state index in [1.165, 1.54) is 10.4 Å². The monoisotopic (exact) mass is 463 g/mol. The molecule has 0 bridgehead atoms. The number of amides is 1. The highest BCUT2D eigenvalue weighted by molar-refractivity contribution is 7.22. The number of rotatable bonds is 3. The number of nitrogens with zero attached hydrogens (tertiary/aromatic N) is 2. The molecule has 2 aromatic carbocycles. The molecule has 0 saturated heterocycles. The lowest BCUT2D eigenvalue weighted by molar-refractivity contribution is -0.125. The van der Waals surface area contributed by atoms with Gasteiger partial charge in [-0.2, -0.15) is 0 Å². The minimum absolute atomic E-state index is 0.188. The first-order valence-electron chi connectivity index (χ1n) is 10.5. The van der Waals surface area contributed by atoms with Crippen LogP contribution in [-0.4, -0.2) is 42.1 Å². The molecule has 8 heteroatoms. The SMILES string of the molecule is CN1CCc2c(sc(NC(=O)[C@H]3COc4ccccc4O3)c2-c2nc3ccccc3s2)C1. The van der Waals surface area contributed by atoms with E-state index in [-0.39, 0.29) is 12.5 Å². The summed E-state index contributed by atoms with van der Waals surface area (Å²) in [4.78, 5) is 21.7. The van der Waals surface area contributed by atoms with Crippen molar-refractivity contribution in [3.05, 3.63) is 59.0 Å². The average Bonchev–Trinajstić information content (AvgIpc) is 3.38. The molecule has 2 aromatic heterocycles. The van der Waals surface area contributed by atoms with Gasteiger partial charge in [-0.25, -0.2) is 4.98 Å². The lowest BCUT2D eigenvalue weighted by atomic mass is 10.0. The van der Waals surface area contributed by atoms with E-state index in [1.807, 2.05) is 42.5 Å². The Hall–Kier alpha value is -2.94. The number of thiazole rings is 1. The van der Waals surface area contributed by atoms with Crippen molar-refractivity contribution in [1.82, 2.24) is 9.88 Å². The third kappa shape index (κ3) is 3.44. The molecule has 4 aromatic rings. The summed E-state index contributed by atoms with van der Waals surface area (Å²) in [6.07, 6.45) is 0.245. The summed E-state index contributed by atoms with van der Waals surface area (Å²) in [6, 6.07) is 15.6. The largest absolute Gasteiger partial charge is 0.485 e. The van der Waals surface area contributed by atoms with Crippen molar-refractivity contribution < 1.29 is 14.3 Å². The number of benzene rings is 2. The maximum absolute atomic E-state index is 13.2. The molecule has 2 aliphatic rings. The van der Waals surface area contributed by atoms with Gasteiger partial charge < -0.3 is 19.7 Å². The fraction of sp³-hybridized carbons (Fsp3) is 0.250. The number of carbonyl (C=O) groups excluding carboxylic acids is 1. The van der Waals surface area contributed by atoms with Crippen LogP contribution in [0.3, 0.4) is 0 Å². The smallest absolute Gasteiger partial charge is 0.269 e. The molecule has 0 spiro atoms. The molecule has 0 aliphatic carbocycles. The van der Waals surface area contributed by atoms with Gasteiger partial charge >= 0.3 is 0 Å². The van der Waals surface area contributed by atoms with Crippen LogP contribution in [0.25, 0.3) is 20.8 Å². The Morgan fingerprint density at radius 1 is 1.12 bits per heavy atom. The van der Waals surface area contributed by atoms with Gasteiger partial charge in [0.1, 0.15) is 16.6 Å². The fourth-order valence-corrected chi connectivity index (χ4v) is 6.61. The van der Waals surface area contributed by atoms with Crippen molar-refractivity contribution in [2.75, 3.05) is 25.5 Å². The second kappa shape index (κ2) is 7.88. The van der Waals surface area contributed by atoms with E-state index in [1.54, 1.807) is 22.7 Å². The van der Waals surface area contributed by atoms with Crippen LogP contribution in [0.15, 0.2) is 48.5 Å². The van der Waals surface area contributed by atoms with Gasteiger partial charge in [-0.3, -0.25) is 4.79 Å². The first kappa shape index (κ1) is 19.7. The molecule has 1 amide bonds. The van der Waals surface area contributed by atoms with Gasteiger partial charge in [-0.1, -0.05) is 24.3 Å². The highest BCUT2D eigenvalue weighted by atomic mass is 32.1. The van der Waals surface area contributed by atoms with E-state index >= 15 is 0 Å². The summed E-state index contributed by atoms with van der Waals surface area (Å²) in [7, 11) is 2.13. The van der Waals surface area contributed by atoms with Crippen molar-refractivity contribution in [3.63, 3.8) is 0 Å². The standard InChI is InChI=1S/C24H21N3O3S2/c1-27-11-10-14-20(12-27)32-24(21(14)23-25-15-6-2-5-9-19(15)31-23)26-22(28)18-13-29-16-7-3-4-8-17(16)30-18/h2-9,18H,10-13H2,1H3,(H,26,28)/t18-/m1/s1. The van der Waals surface area contributed by atoms with Crippen molar-refractivity contribution in [2.24, 2.45) is 0 Å². The number of nitrogens with one attached hydrogen (secondary N) is 1. The van der Waals surface area contributed by atoms with Gasteiger partial charge in [-0.05, 0) is 43.3 Å². The Kier molecular flexibility index (Phi) is 4.86. The third-order valence-electron chi connectivity index (χ3n) is 5.79. The number of likely N-dealkylation sites (N-methyl/N-ethyl adjacent to an activating group) is 1. The van der Waals surface area contributed by atoms with E-state index in [2.05, 4.69) is 23.3 Å². The maximum atomic E-state index is 13.2. The van der Waals surface area contributed by atoms with E-state index < -0.39 is 6.10 Å². The molecule has 0 fully saturated rings. The Labute approximate surface area is 193 Å². The van der Waals surface area contributed by atoms with Gasteiger partial charge in [-0.15, -0.1) is 22.7 Å². The number of hydrogen-bond acceptors (Lipinski definition) is 7. The van der Waals surface area contributed by atoms with Crippen LogP contribution in [0.1, 0.15) is 10.4 Å². The number of fused-ring (bicyclic) bond motifs is 3. The van der Waals surface area contributed by atoms with Gasteiger partial charge in [0.2, 0.25) is 6.10 Å². The van der Waals surface area contributed by atoms with Crippen LogP contribution >= 0.6 is 22.7 Å². The molecule has 32 heavy (non-hydrogen) atoms. The van der Waals surface area contributed by atoms with Crippen molar-refractivity contribution >= 4 is 43.8 Å². The zero-order valence-corrected chi connectivity index (χ0v) is 19.1. The van der Waals surface area contributed by atoms with Crippen LogP contribution in [0.4, 0.5) is 5.00 Å². The molecule has 6 rings (SSSR count). The summed E-state index contributed by atoms with van der Waals surface area (Å²) in [6.45, 7) is 2.06. The second-order valence-corrected chi connectivity index (χ2v) is 10.2. The molecule has 1 atom stereocenters. The molecule has 162 valence electrons. The highest BCUT2D eigenvalue weighted by Crippen LogP contribution is 2.45. The fourth-order valence-electron chi connectivity index (χ4n) is 4.17. The normalized spacial score (nSPS) is 17.8. The van der Waals surface area contributed by atoms with Crippen molar-refractivity contribution in [3.8, 4) is 22.1 Å². The van der Waals surface area contributed by atoms with Gasteiger partial charge in [0.05, 0.1) is 10.2 Å². The number of carbonyl (C=O) groups is 1. The van der Waals surface area contributed by atoms with Gasteiger partial charge in [0.25, 0.3) is 5.91 Å². The number of thiophene rings is 1. The lowest BCUT2D eigenvalue weighted by Gasteiger charge is -2.25. The van der Waals surface area contributed by atoms with Gasteiger partial charge in [0, 0.05) is 23.5 Å². The van der Waals surface area contributed by atoms with Crippen molar-refractivity contribution in [1.29, 1.82) is 0 Å². The van der Waals surface area contributed by atoms with Crippen molar-refractivity contribution in [2.45, 2.75) is 19.1 Å². The zero-order valence-electron chi connectivity index (χ0n) is 17.5. The molecule has 4 heterocycles. The minimum atomic E-state index is -0.699. The zero-order chi connectivity index (χ0) is 21.7. The Morgan fingerprint density at radius 2 is 1.94 bits per heavy atom. The average molecular weight is 464 g/mol. The number of anilines is 1. The predicted octanol–water partition coefficient (Wildman–Crippen LogP) is 4.79. The summed E-state index contributed by atoms with van der Waals surface area (Å²) in [5.74, 6) is 1.06. The van der Waals surface area contributed by atoms with E-state index in [9.17, 15) is 4.79 Å². The first-order chi connectivity index (χ1) is 15.7. The second-order valence-electron chi connectivity index (χ2n) is 8.04. The Bertz CT molecular complexity index is 1300. The molecule has 1 N–H and O–H groups in total. The van der Waals surface area contributed by atoms with E-state index in [4.69, 9.17) is 14.5 Å². The van der Waals surface area contributed by atoms with Crippen LogP contribution < -0.4 is 14.8 Å². The molecule has 0 unspecified atom stereocenters. The summed E-state index contributed by atoms with van der Waals surface area (Å²) >= 11 is 3.32. The molecular formula is C24H21N3O3S2. The number of para-hydroxylation sites is 3. The van der Waals surface area contributed by atoms with E-state index in [0.717, 1.165) is 45.3 Å². The third-order valence-corrected chi connectivity index (χ3v) is 7.98. The topological polar surface area (TPSA) is 63.7 Å². The number of aromatic nitrogens is 1. The summed E-state index contributed by atoms with van der Waals surface area (Å²) in [5, 5.41) is 4.95. The molecule has 0 radical (unpaired) electrons. The van der Waals surface area contributed by atoms with Crippen LogP contribution in [0, 0.1) is 0 Å². The number of ether oxygens (including phenoxy) is 2. The lowest BCUT2D eigenvalue weighted by Crippen LogP contribution is -2.40. The van der Waals surface area contributed by atoms with Crippen LogP contribution in [-0.2, 0) is 17.8 Å². The first-order valence-corrected chi connectivity index (χ1v) is 12.2. The predicted molar refractivity (Wildman–Crippen MR) is 128 cm³/mol. The Balaban J connectivity index is 1.35. The molecular weight excluding hydrogens is 442 g/mol. The van der Waals surface area contributed by atoms with Crippen LogP contribution in [0.2, 0.25) is 0 Å². The maximum Gasteiger partial charge on any atom is 0.269 e. The van der Waals surface area contributed by atoms with E-state index in [0.29, 0.717) is 11.5 Å². The highest BCUT2D eigenvalue weighted by Gasteiger charge is 2.31. The summed E-state index contributed by atoms with van der Waals surface area (Å²) in [5.41, 5.74) is 3.34. The Morgan fingerprint density at radius 3 is 2.81 bits per heavy atom. The minimum Gasteiger partial charge on any atom is -0.485 e. The summed E-state index contributed by atoms with van der Waals surface area (Å²) < 4.78 is 12.8. The van der Waals surface area contributed by atoms with Crippen LogP contribution in [0.5, 0.6) is 11.5 Å². The number of hydrogen-bond donors (Lipinski definition) is 1. The van der Waals surface area contributed by atoms with Gasteiger partial charge in [0.15, 0.2) is 11.5 Å². The molecule has 2 aliphatic heterocycles. The quantitative estimate of drug-likeness (QED) is 0.473. The molecule has 6 nitrogen and oxygen atoms in total.